The van der Waals surface area contributed by atoms with Gasteiger partial charge in [-0.15, -0.1) is 0 Å². The predicted molar refractivity (Wildman–Crippen MR) is 75.5 cm³/mol. The van der Waals surface area contributed by atoms with E-state index >= 15 is 0 Å². The SMILES string of the molecule is CNc1ncc(F)c(Nc2ccc(OC)c(Br)c2)n1. The van der Waals surface area contributed by atoms with E-state index in [9.17, 15) is 4.39 Å². The topological polar surface area (TPSA) is 59.1 Å². The van der Waals surface area contributed by atoms with Gasteiger partial charge in [-0.05, 0) is 34.1 Å². The van der Waals surface area contributed by atoms with Crippen molar-refractivity contribution in [2.45, 2.75) is 0 Å². The third-order valence-electron chi connectivity index (χ3n) is 2.38. The van der Waals surface area contributed by atoms with Gasteiger partial charge in [-0.25, -0.2) is 9.37 Å². The maximum atomic E-state index is 13.6. The maximum absolute atomic E-state index is 13.6. The molecule has 0 fully saturated rings. The first-order valence-electron chi connectivity index (χ1n) is 5.45. The van der Waals surface area contributed by atoms with E-state index in [0.717, 1.165) is 10.7 Å². The fourth-order valence-corrected chi connectivity index (χ4v) is 2.00. The molecule has 1 aromatic heterocycles. The van der Waals surface area contributed by atoms with E-state index < -0.39 is 5.82 Å². The van der Waals surface area contributed by atoms with E-state index in [2.05, 4.69) is 36.5 Å². The summed E-state index contributed by atoms with van der Waals surface area (Å²) in [6.07, 6.45) is 1.11. The highest BCUT2D eigenvalue weighted by Gasteiger charge is 2.08. The lowest BCUT2D eigenvalue weighted by Gasteiger charge is -2.09. The lowest BCUT2D eigenvalue weighted by Crippen LogP contribution is -2.03. The molecule has 0 aliphatic carbocycles. The van der Waals surface area contributed by atoms with Gasteiger partial charge in [-0.2, -0.15) is 4.98 Å². The van der Waals surface area contributed by atoms with Crippen molar-refractivity contribution in [3.05, 3.63) is 34.7 Å². The van der Waals surface area contributed by atoms with Crippen molar-refractivity contribution >= 4 is 33.4 Å². The molecule has 2 aromatic rings. The van der Waals surface area contributed by atoms with Gasteiger partial charge in [0, 0.05) is 12.7 Å². The molecule has 0 spiro atoms. The fraction of sp³-hybridized carbons (Fsp3) is 0.167. The Labute approximate surface area is 118 Å². The fourth-order valence-electron chi connectivity index (χ4n) is 1.46. The van der Waals surface area contributed by atoms with Gasteiger partial charge < -0.3 is 15.4 Å². The van der Waals surface area contributed by atoms with Crippen LogP contribution in [0.4, 0.5) is 21.8 Å². The summed E-state index contributed by atoms with van der Waals surface area (Å²) >= 11 is 3.36. The first-order chi connectivity index (χ1) is 9.13. The van der Waals surface area contributed by atoms with Crippen molar-refractivity contribution in [1.82, 2.24) is 9.97 Å². The van der Waals surface area contributed by atoms with E-state index in [4.69, 9.17) is 4.74 Å². The van der Waals surface area contributed by atoms with E-state index in [1.54, 1.807) is 32.4 Å². The second kappa shape index (κ2) is 5.83. The number of benzene rings is 1. The lowest BCUT2D eigenvalue weighted by molar-refractivity contribution is 0.412. The normalized spacial score (nSPS) is 10.1. The molecule has 5 nitrogen and oxygen atoms in total. The summed E-state index contributed by atoms with van der Waals surface area (Å²) in [6.45, 7) is 0. The van der Waals surface area contributed by atoms with Crippen LogP contribution < -0.4 is 15.4 Å². The minimum Gasteiger partial charge on any atom is -0.496 e. The lowest BCUT2D eigenvalue weighted by atomic mass is 10.3. The summed E-state index contributed by atoms with van der Waals surface area (Å²) in [4.78, 5) is 7.78. The minimum atomic E-state index is -0.522. The molecule has 0 aliphatic rings. The van der Waals surface area contributed by atoms with Gasteiger partial charge >= 0.3 is 0 Å². The molecule has 100 valence electrons. The molecule has 0 unspecified atom stereocenters. The molecular weight excluding hydrogens is 315 g/mol. The molecule has 0 amide bonds. The van der Waals surface area contributed by atoms with Crippen molar-refractivity contribution in [3.8, 4) is 5.75 Å². The van der Waals surface area contributed by atoms with Crippen LogP contribution in [-0.4, -0.2) is 24.1 Å². The molecule has 0 bridgehead atoms. The zero-order chi connectivity index (χ0) is 13.8. The minimum absolute atomic E-state index is 0.108. The largest absolute Gasteiger partial charge is 0.496 e. The van der Waals surface area contributed by atoms with Crippen molar-refractivity contribution < 1.29 is 9.13 Å². The van der Waals surface area contributed by atoms with Crippen LogP contribution >= 0.6 is 15.9 Å². The molecule has 1 heterocycles. The van der Waals surface area contributed by atoms with Gasteiger partial charge in [0.05, 0.1) is 17.8 Å². The van der Waals surface area contributed by atoms with Crippen molar-refractivity contribution in [3.63, 3.8) is 0 Å². The number of ether oxygens (including phenoxy) is 1. The second-order valence-corrected chi connectivity index (χ2v) is 4.47. The summed E-state index contributed by atoms with van der Waals surface area (Å²) in [5.41, 5.74) is 0.687. The van der Waals surface area contributed by atoms with Crippen LogP contribution in [0.15, 0.2) is 28.9 Å². The van der Waals surface area contributed by atoms with Crippen molar-refractivity contribution in [1.29, 1.82) is 0 Å². The molecule has 0 saturated carbocycles. The molecule has 2 rings (SSSR count). The average molecular weight is 327 g/mol. The molecule has 2 N–H and O–H groups in total. The van der Waals surface area contributed by atoms with Gasteiger partial charge in [-0.3, -0.25) is 0 Å². The number of methoxy groups -OCH3 is 1. The summed E-state index contributed by atoms with van der Waals surface area (Å²) in [6, 6.07) is 5.31. The Balaban J connectivity index is 2.28. The van der Waals surface area contributed by atoms with Crippen LogP contribution in [0.2, 0.25) is 0 Å². The smallest absolute Gasteiger partial charge is 0.224 e. The molecule has 0 aliphatic heterocycles. The number of anilines is 3. The highest BCUT2D eigenvalue weighted by atomic mass is 79.9. The van der Waals surface area contributed by atoms with Gasteiger partial charge in [-0.1, -0.05) is 0 Å². The van der Waals surface area contributed by atoms with Gasteiger partial charge in [0.2, 0.25) is 5.95 Å². The Hall–Kier alpha value is -1.89. The number of hydrogen-bond acceptors (Lipinski definition) is 5. The number of aromatic nitrogens is 2. The van der Waals surface area contributed by atoms with Crippen molar-refractivity contribution in [2.75, 3.05) is 24.8 Å². The van der Waals surface area contributed by atoms with Gasteiger partial charge in [0.15, 0.2) is 11.6 Å². The Kier molecular flexibility index (Phi) is 4.16. The molecular formula is C12H12BrFN4O. The Morgan fingerprint density at radius 2 is 2.16 bits per heavy atom. The highest BCUT2D eigenvalue weighted by molar-refractivity contribution is 9.10. The summed E-state index contributed by atoms with van der Waals surface area (Å²) in [5, 5.41) is 5.64. The standard InChI is InChI=1S/C12H12BrFN4O/c1-15-12-16-6-9(14)11(18-12)17-7-3-4-10(19-2)8(13)5-7/h3-6H,1-2H3,(H2,15,16,17,18). The average Bonchev–Trinajstić information content (AvgIpc) is 2.41. The Morgan fingerprint density at radius 3 is 2.79 bits per heavy atom. The molecule has 0 radical (unpaired) electrons. The molecule has 7 heteroatoms. The third kappa shape index (κ3) is 3.11. The molecule has 0 saturated heterocycles. The van der Waals surface area contributed by atoms with Crippen LogP contribution in [0.1, 0.15) is 0 Å². The number of nitrogens with one attached hydrogen (secondary N) is 2. The van der Waals surface area contributed by atoms with Gasteiger partial charge in [0.25, 0.3) is 0 Å². The third-order valence-corrected chi connectivity index (χ3v) is 3.00. The Morgan fingerprint density at radius 1 is 1.37 bits per heavy atom. The first-order valence-corrected chi connectivity index (χ1v) is 6.24. The van der Waals surface area contributed by atoms with Crippen molar-refractivity contribution in [2.24, 2.45) is 0 Å². The maximum Gasteiger partial charge on any atom is 0.224 e. The summed E-state index contributed by atoms with van der Waals surface area (Å²) < 4.78 is 19.5. The van der Waals surface area contributed by atoms with Crippen LogP contribution in [0.25, 0.3) is 0 Å². The van der Waals surface area contributed by atoms with Gasteiger partial charge in [0.1, 0.15) is 5.75 Å². The van der Waals surface area contributed by atoms with E-state index in [1.165, 1.54) is 0 Å². The predicted octanol–water partition coefficient (Wildman–Crippen LogP) is 3.17. The Bertz CT molecular complexity index is 594. The summed E-state index contributed by atoms with van der Waals surface area (Å²) in [7, 11) is 3.25. The molecule has 0 atom stereocenters. The molecule has 1 aromatic carbocycles. The number of hydrogen-bond donors (Lipinski definition) is 2. The number of nitrogens with zero attached hydrogens (tertiary/aromatic N) is 2. The van der Waals surface area contributed by atoms with Crippen LogP contribution in [0.5, 0.6) is 5.75 Å². The quantitative estimate of drug-likeness (QED) is 0.903. The monoisotopic (exact) mass is 326 g/mol. The van der Waals surface area contributed by atoms with Crippen LogP contribution in [-0.2, 0) is 0 Å². The van der Waals surface area contributed by atoms with Crippen LogP contribution in [0, 0.1) is 5.82 Å². The van der Waals surface area contributed by atoms with E-state index in [1.807, 2.05) is 0 Å². The van der Waals surface area contributed by atoms with E-state index in [-0.39, 0.29) is 5.82 Å². The second-order valence-electron chi connectivity index (χ2n) is 3.61. The molecule has 19 heavy (non-hydrogen) atoms. The zero-order valence-electron chi connectivity index (χ0n) is 10.4. The first kappa shape index (κ1) is 13.5. The summed E-state index contributed by atoms with van der Waals surface area (Å²) in [5.74, 6) is 0.628. The highest BCUT2D eigenvalue weighted by Crippen LogP contribution is 2.29. The van der Waals surface area contributed by atoms with Crippen LogP contribution in [0.3, 0.4) is 0 Å². The number of rotatable bonds is 4. The van der Waals surface area contributed by atoms with E-state index in [0.29, 0.717) is 17.4 Å². The number of halogens is 2. The zero-order valence-corrected chi connectivity index (χ0v) is 12.0.